The predicted molar refractivity (Wildman–Crippen MR) is 78.0 cm³/mol. The van der Waals surface area contributed by atoms with Crippen LogP contribution in [0.25, 0.3) is 10.7 Å². The summed E-state index contributed by atoms with van der Waals surface area (Å²) >= 11 is 6.76. The highest BCUT2D eigenvalue weighted by atomic mass is 32.1. The van der Waals surface area contributed by atoms with Gasteiger partial charge in [0.2, 0.25) is 4.77 Å². The predicted octanol–water partition coefficient (Wildman–Crippen LogP) is 2.95. The van der Waals surface area contributed by atoms with E-state index < -0.39 is 0 Å². The Morgan fingerprint density at radius 1 is 1.32 bits per heavy atom. The molecule has 0 aliphatic rings. The molecule has 0 fully saturated rings. The van der Waals surface area contributed by atoms with E-state index in [2.05, 4.69) is 20.3 Å². The minimum Gasteiger partial charge on any atom is -0.255 e. The van der Waals surface area contributed by atoms with Crippen LogP contribution >= 0.6 is 23.6 Å². The molecule has 3 aromatic rings. The zero-order valence-electron chi connectivity index (χ0n) is 9.72. The molecule has 0 atom stereocenters. The summed E-state index contributed by atoms with van der Waals surface area (Å²) in [6, 6.07) is 9.58. The highest BCUT2D eigenvalue weighted by molar-refractivity contribution is 7.71. The second-order valence-electron chi connectivity index (χ2n) is 3.64. The Kier molecular flexibility index (Phi) is 3.30. The summed E-state index contributed by atoms with van der Waals surface area (Å²) in [4.78, 5) is 5.18. The zero-order valence-corrected chi connectivity index (χ0v) is 11.4. The van der Waals surface area contributed by atoms with Crippen LogP contribution in [0.1, 0.15) is 5.69 Å². The van der Waals surface area contributed by atoms with Gasteiger partial charge in [0.25, 0.3) is 0 Å². The number of pyridine rings is 1. The second-order valence-corrected chi connectivity index (χ2v) is 4.98. The Morgan fingerprint density at radius 3 is 3.00 bits per heavy atom. The van der Waals surface area contributed by atoms with Gasteiger partial charge in [0, 0.05) is 6.20 Å². The largest absolute Gasteiger partial charge is 0.255 e. The van der Waals surface area contributed by atoms with Crippen molar-refractivity contribution in [3.05, 3.63) is 52.4 Å². The summed E-state index contributed by atoms with van der Waals surface area (Å²) in [7, 11) is 0. The van der Waals surface area contributed by atoms with Gasteiger partial charge in [-0.25, -0.2) is 5.10 Å². The first-order chi connectivity index (χ1) is 9.34. The summed E-state index contributed by atoms with van der Waals surface area (Å²) in [5.74, 6) is 0.701. The lowest BCUT2D eigenvalue weighted by Gasteiger charge is -1.97. The summed E-state index contributed by atoms with van der Waals surface area (Å²) in [5, 5.41) is 13.3. The topological polar surface area (TPSA) is 58.9 Å². The van der Waals surface area contributed by atoms with Crippen LogP contribution in [0.5, 0.6) is 0 Å². The Morgan fingerprint density at radius 2 is 2.26 bits per heavy atom. The average Bonchev–Trinajstić information content (AvgIpc) is 3.07. The summed E-state index contributed by atoms with van der Waals surface area (Å²) in [6.45, 7) is 0. The van der Waals surface area contributed by atoms with Gasteiger partial charge in [-0.15, -0.1) is 11.3 Å². The minimum atomic E-state index is 0.454. The van der Waals surface area contributed by atoms with Crippen molar-refractivity contribution in [2.45, 2.75) is 0 Å². The number of aromatic nitrogens is 4. The Balaban J connectivity index is 2.00. The van der Waals surface area contributed by atoms with Gasteiger partial charge in [-0.1, -0.05) is 12.1 Å². The van der Waals surface area contributed by atoms with E-state index in [1.54, 1.807) is 28.4 Å². The molecule has 0 saturated carbocycles. The first-order valence-electron chi connectivity index (χ1n) is 5.51. The quantitative estimate of drug-likeness (QED) is 0.595. The van der Waals surface area contributed by atoms with Gasteiger partial charge in [0.1, 0.15) is 0 Å². The molecule has 0 radical (unpaired) electrons. The molecule has 0 spiro atoms. The maximum Gasteiger partial charge on any atom is 0.216 e. The van der Waals surface area contributed by atoms with Crippen molar-refractivity contribution in [3.8, 4) is 10.7 Å². The van der Waals surface area contributed by atoms with Crippen LogP contribution < -0.4 is 0 Å². The Bertz CT molecular complexity index is 740. The van der Waals surface area contributed by atoms with Crippen molar-refractivity contribution in [3.63, 3.8) is 0 Å². The van der Waals surface area contributed by atoms with E-state index in [0.29, 0.717) is 10.6 Å². The minimum absolute atomic E-state index is 0.454. The smallest absolute Gasteiger partial charge is 0.216 e. The van der Waals surface area contributed by atoms with Crippen LogP contribution in [0.4, 0.5) is 0 Å². The third-order valence-electron chi connectivity index (χ3n) is 2.39. The molecule has 19 heavy (non-hydrogen) atoms. The van der Waals surface area contributed by atoms with Gasteiger partial charge in [0.05, 0.1) is 16.8 Å². The van der Waals surface area contributed by atoms with Gasteiger partial charge in [-0.3, -0.25) is 4.98 Å². The molecule has 0 aromatic carbocycles. The van der Waals surface area contributed by atoms with Gasteiger partial charge in [-0.05, 0) is 35.8 Å². The van der Waals surface area contributed by atoms with Crippen LogP contribution in [-0.4, -0.2) is 26.1 Å². The lowest BCUT2D eigenvalue weighted by molar-refractivity contribution is 0.872. The number of H-pyrrole nitrogens is 1. The lowest BCUT2D eigenvalue weighted by Crippen LogP contribution is -1.94. The molecule has 0 bridgehead atoms. The molecular weight excluding hydrogens is 278 g/mol. The van der Waals surface area contributed by atoms with Crippen LogP contribution in [0.2, 0.25) is 0 Å². The van der Waals surface area contributed by atoms with E-state index in [1.807, 2.05) is 35.7 Å². The number of hydrogen-bond donors (Lipinski definition) is 1. The van der Waals surface area contributed by atoms with Crippen LogP contribution in [-0.2, 0) is 0 Å². The van der Waals surface area contributed by atoms with Crippen molar-refractivity contribution in [1.82, 2.24) is 19.9 Å². The number of aromatic amines is 1. The van der Waals surface area contributed by atoms with E-state index >= 15 is 0 Å². The number of hydrogen-bond acceptors (Lipinski definition) is 5. The lowest BCUT2D eigenvalue weighted by atomic mass is 10.4. The maximum atomic E-state index is 5.18. The fraction of sp³-hybridized carbons (Fsp3) is 0. The van der Waals surface area contributed by atoms with Gasteiger partial charge < -0.3 is 0 Å². The fourth-order valence-corrected chi connectivity index (χ4v) is 2.41. The van der Waals surface area contributed by atoms with Gasteiger partial charge in [-0.2, -0.15) is 14.9 Å². The van der Waals surface area contributed by atoms with Crippen molar-refractivity contribution in [2.24, 2.45) is 5.10 Å². The van der Waals surface area contributed by atoms with Crippen LogP contribution in [0.3, 0.4) is 0 Å². The first-order valence-corrected chi connectivity index (χ1v) is 6.80. The van der Waals surface area contributed by atoms with Crippen molar-refractivity contribution in [2.75, 3.05) is 0 Å². The normalized spacial score (nSPS) is 11.2. The molecule has 5 nitrogen and oxygen atoms in total. The Labute approximate surface area is 118 Å². The van der Waals surface area contributed by atoms with Crippen molar-refractivity contribution < 1.29 is 0 Å². The third-order valence-corrected chi connectivity index (χ3v) is 3.52. The molecule has 3 rings (SSSR count). The van der Waals surface area contributed by atoms with E-state index in [-0.39, 0.29) is 0 Å². The standard InChI is InChI=1S/C12H9N5S2/c18-12-16-15-11(10-5-3-7-19-10)17(12)14-8-9-4-1-2-6-13-9/h1-8H,(H,16,18)/b14-8-. The highest BCUT2D eigenvalue weighted by Crippen LogP contribution is 2.22. The summed E-state index contributed by atoms with van der Waals surface area (Å²) in [6.07, 6.45) is 3.37. The van der Waals surface area contributed by atoms with Gasteiger partial charge in [0.15, 0.2) is 5.82 Å². The number of nitrogens with zero attached hydrogens (tertiary/aromatic N) is 4. The molecule has 0 amide bonds. The molecular formula is C12H9N5S2. The third kappa shape index (κ3) is 2.51. The molecule has 3 heterocycles. The average molecular weight is 287 g/mol. The molecule has 0 aliphatic carbocycles. The molecule has 1 N–H and O–H groups in total. The van der Waals surface area contributed by atoms with Crippen molar-refractivity contribution >= 4 is 29.8 Å². The maximum absolute atomic E-state index is 5.18. The molecule has 0 unspecified atom stereocenters. The first kappa shape index (κ1) is 11.9. The van der Waals surface area contributed by atoms with Crippen LogP contribution in [0.15, 0.2) is 47.0 Å². The van der Waals surface area contributed by atoms with E-state index in [4.69, 9.17) is 12.2 Å². The SMILES string of the molecule is S=c1[nH]nc(-c2cccs2)n1/N=C\c1ccccn1. The molecule has 94 valence electrons. The molecule has 0 saturated heterocycles. The fourth-order valence-electron chi connectivity index (χ4n) is 1.53. The molecule has 3 aromatic heterocycles. The highest BCUT2D eigenvalue weighted by Gasteiger charge is 2.08. The Hall–Kier alpha value is -2.12. The van der Waals surface area contributed by atoms with E-state index in [1.165, 1.54) is 0 Å². The molecule has 7 heteroatoms. The monoisotopic (exact) mass is 287 g/mol. The van der Waals surface area contributed by atoms with Crippen molar-refractivity contribution in [1.29, 1.82) is 0 Å². The summed E-state index contributed by atoms with van der Waals surface area (Å²) < 4.78 is 2.05. The van der Waals surface area contributed by atoms with E-state index in [9.17, 15) is 0 Å². The number of rotatable bonds is 3. The molecule has 0 aliphatic heterocycles. The van der Waals surface area contributed by atoms with Crippen LogP contribution in [0, 0.1) is 4.77 Å². The second kappa shape index (κ2) is 5.25. The number of nitrogens with one attached hydrogen (secondary N) is 1. The summed E-state index contributed by atoms with van der Waals surface area (Å²) in [5.41, 5.74) is 0.766. The van der Waals surface area contributed by atoms with Gasteiger partial charge >= 0.3 is 0 Å². The number of thiophene rings is 1. The zero-order chi connectivity index (χ0) is 13.1. The van der Waals surface area contributed by atoms with E-state index in [0.717, 1.165) is 10.6 Å².